The minimum Gasteiger partial charge on any atom is -0.465 e. The molecule has 0 bridgehead atoms. The van der Waals surface area contributed by atoms with Gasteiger partial charge in [-0.05, 0) is 60.6 Å². The average molecular weight is 767 g/mol. The van der Waals surface area contributed by atoms with Gasteiger partial charge in [-0.25, -0.2) is 19.6 Å². The van der Waals surface area contributed by atoms with Gasteiger partial charge in [0.15, 0.2) is 0 Å². The number of alkyl carbamates (subject to hydrolysis) is 1. The van der Waals surface area contributed by atoms with Crippen LogP contribution in [0.15, 0.2) is 54.7 Å². The highest BCUT2D eigenvalue weighted by Crippen LogP contribution is 2.36. The molecule has 2 saturated heterocycles. The molecule has 14 nitrogen and oxygen atoms in total. The van der Waals surface area contributed by atoms with Crippen LogP contribution in [-0.2, 0) is 20.7 Å². The van der Waals surface area contributed by atoms with Gasteiger partial charge in [0.1, 0.15) is 23.7 Å². The van der Waals surface area contributed by atoms with Gasteiger partial charge in [0, 0.05) is 24.3 Å². The summed E-state index contributed by atoms with van der Waals surface area (Å²) in [5.41, 5.74) is 6.79. The Bertz CT molecular complexity index is 2000. The first-order chi connectivity index (χ1) is 26.9. The topological polar surface area (TPSA) is 186 Å². The van der Waals surface area contributed by atoms with E-state index in [2.05, 4.69) is 81.0 Å². The molecule has 2 fully saturated rings. The van der Waals surface area contributed by atoms with Gasteiger partial charge >= 0.3 is 12.2 Å². The van der Waals surface area contributed by atoms with E-state index < -0.39 is 24.3 Å². The highest BCUT2D eigenvalue weighted by molar-refractivity contribution is 5.87. The Labute approximate surface area is 327 Å². The van der Waals surface area contributed by atoms with Crippen LogP contribution in [0, 0.1) is 11.8 Å². The summed E-state index contributed by atoms with van der Waals surface area (Å²) in [5, 5.41) is 14.5. The van der Waals surface area contributed by atoms with Crippen LogP contribution in [0.3, 0.4) is 0 Å². The number of nitrogens with zero attached hydrogens (tertiary/aromatic N) is 4. The number of H-pyrrole nitrogens is 2. The Morgan fingerprint density at radius 3 is 1.82 bits per heavy atom. The fraction of sp³-hybridized carbons (Fsp3) is 0.476. The van der Waals surface area contributed by atoms with Gasteiger partial charge < -0.3 is 40.2 Å². The number of hydrogen-bond acceptors (Lipinski definition) is 7. The number of rotatable bonds is 13. The van der Waals surface area contributed by atoms with Gasteiger partial charge in [0.25, 0.3) is 0 Å². The Morgan fingerprint density at radius 1 is 0.786 bits per heavy atom. The molecule has 14 heteroatoms. The molecular formula is C42H54N8O6. The van der Waals surface area contributed by atoms with Crippen molar-refractivity contribution >= 4 is 24.0 Å². The molecule has 5 N–H and O–H groups in total. The zero-order valence-corrected chi connectivity index (χ0v) is 33.1. The van der Waals surface area contributed by atoms with E-state index in [0.29, 0.717) is 13.1 Å². The number of nitrogens with one attached hydrogen (secondary N) is 4. The summed E-state index contributed by atoms with van der Waals surface area (Å²) in [6, 6.07) is 14.6. The summed E-state index contributed by atoms with van der Waals surface area (Å²) in [4.78, 5) is 70.8. The normalized spacial score (nSPS) is 18.0. The number of aromatic nitrogens is 4. The molecule has 0 radical (unpaired) electrons. The Kier molecular flexibility index (Phi) is 12.5. The van der Waals surface area contributed by atoms with E-state index in [4.69, 9.17) is 9.72 Å². The molecule has 2 aromatic heterocycles. The Balaban J connectivity index is 1.16. The standard InChI is InChI=1S/C42H54N8O6/c1-7-10-30-36(46-38(44-30)33-12-9-22-50(33)39(51)34(24(2)3)47-41(53)54)29-19-15-27(16-20-29)26-13-17-28(18-14-26)31-23-43-37(45-31)32-11-8-21-49(32)40(52)35(25(4)5)48-42(55)56-6/h13-20,23-25,32-35,47H,7-12,21-22H2,1-6H3,(H,43,45)(H,44,46)(H,48,55)(H,53,54)/t32?,33-,34-,35-/m0/s1. The third-order valence-corrected chi connectivity index (χ3v) is 10.9. The van der Waals surface area contributed by atoms with Crippen LogP contribution in [0.25, 0.3) is 33.6 Å². The highest BCUT2D eigenvalue weighted by Gasteiger charge is 2.39. The van der Waals surface area contributed by atoms with Gasteiger partial charge in [0.05, 0.1) is 36.8 Å². The average Bonchev–Trinajstić information content (AvgIpc) is 4.02. The number of hydrogen-bond donors (Lipinski definition) is 5. The maximum absolute atomic E-state index is 13.6. The molecular weight excluding hydrogens is 713 g/mol. The van der Waals surface area contributed by atoms with Crippen molar-refractivity contribution in [2.45, 2.75) is 97.3 Å². The predicted molar refractivity (Wildman–Crippen MR) is 212 cm³/mol. The maximum Gasteiger partial charge on any atom is 0.407 e. The van der Waals surface area contributed by atoms with Gasteiger partial charge in [0.2, 0.25) is 11.8 Å². The molecule has 0 saturated carbocycles. The summed E-state index contributed by atoms with van der Waals surface area (Å²) in [6.45, 7) is 10.8. The second-order valence-corrected chi connectivity index (χ2v) is 15.4. The third-order valence-electron chi connectivity index (χ3n) is 10.9. The van der Waals surface area contributed by atoms with Crippen LogP contribution in [-0.4, -0.2) is 91.1 Å². The molecule has 4 amide bonds. The lowest BCUT2D eigenvalue weighted by molar-refractivity contribution is -0.136. The van der Waals surface area contributed by atoms with Crippen LogP contribution in [0.4, 0.5) is 9.59 Å². The number of carbonyl (C=O) groups is 4. The second kappa shape index (κ2) is 17.4. The number of benzene rings is 2. The second-order valence-electron chi connectivity index (χ2n) is 15.4. The van der Waals surface area contributed by atoms with Gasteiger partial charge in [-0.2, -0.15) is 0 Å². The first kappa shape index (κ1) is 40.0. The van der Waals surface area contributed by atoms with E-state index >= 15 is 0 Å². The molecule has 2 aromatic carbocycles. The minimum absolute atomic E-state index is 0.108. The quantitative estimate of drug-likeness (QED) is 0.0955. The van der Waals surface area contributed by atoms with Crippen molar-refractivity contribution in [3.05, 3.63) is 72.1 Å². The van der Waals surface area contributed by atoms with E-state index in [9.17, 15) is 24.3 Å². The van der Waals surface area contributed by atoms with Crippen molar-refractivity contribution < 1.29 is 29.0 Å². The zero-order chi connectivity index (χ0) is 40.1. The number of aryl methyl sites for hydroxylation is 1. The summed E-state index contributed by atoms with van der Waals surface area (Å²) in [5.74, 6) is 0.790. The van der Waals surface area contributed by atoms with Gasteiger partial charge in [-0.15, -0.1) is 0 Å². The molecule has 56 heavy (non-hydrogen) atoms. The number of imidazole rings is 2. The number of methoxy groups -OCH3 is 1. The molecule has 0 spiro atoms. The molecule has 2 aliphatic rings. The summed E-state index contributed by atoms with van der Waals surface area (Å²) >= 11 is 0. The van der Waals surface area contributed by atoms with Gasteiger partial charge in [-0.1, -0.05) is 89.6 Å². The Morgan fingerprint density at radius 2 is 1.30 bits per heavy atom. The fourth-order valence-corrected chi connectivity index (χ4v) is 7.91. The molecule has 4 heterocycles. The van der Waals surface area contributed by atoms with Crippen LogP contribution in [0.2, 0.25) is 0 Å². The van der Waals surface area contributed by atoms with Crippen molar-refractivity contribution in [2.75, 3.05) is 20.2 Å². The molecule has 0 aliphatic carbocycles. The monoisotopic (exact) mass is 766 g/mol. The number of aromatic amines is 2. The van der Waals surface area contributed by atoms with E-state index in [1.54, 1.807) is 16.0 Å². The lowest BCUT2D eigenvalue weighted by Gasteiger charge is -2.30. The molecule has 2 aliphatic heterocycles. The highest BCUT2D eigenvalue weighted by atomic mass is 16.5. The predicted octanol–water partition coefficient (Wildman–Crippen LogP) is 7.09. The van der Waals surface area contributed by atoms with Crippen molar-refractivity contribution in [3.8, 4) is 33.6 Å². The van der Waals surface area contributed by atoms with Crippen LogP contribution in [0.1, 0.15) is 96.1 Å². The molecule has 298 valence electrons. The van der Waals surface area contributed by atoms with E-state index in [-0.39, 0.29) is 35.7 Å². The number of carbonyl (C=O) groups excluding carboxylic acids is 3. The molecule has 1 unspecified atom stereocenters. The van der Waals surface area contributed by atoms with E-state index in [1.807, 2.05) is 27.7 Å². The van der Waals surface area contributed by atoms with Crippen LogP contribution in [0.5, 0.6) is 0 Å². The number of amides is 4. The first-order valence-corrected chi connectivity index (χ1v) is 19.7. The SMILES string of the molecule is CCCc1[nH]c([C@@H]2CCCN2C(=O)[C@@H](NC(=O)O)C(C)C)nc1-c1ccc(-c2ccc(-c3cnc(C4CCCN4C(=O)[C@@H](NC(=O)OC)C(C)C)[nH]3)cc2)cc1. The summed E-state index contributed by atoms with van der Waals surface area (Å²) in [7, 11) is 1.29. The summed E-state index contributed by atoms with van der Waals surface area (Å²) < 4.78 is 4.76. The van der Waals surface area contributed by atoms with Crippen LogP contribution < -0.4 is 10.6 Å². The molecule has 4 aromatic rings. The largest absolute Gasteiger partial charge is 0.465 e. The fourth-order valence-electron chi connectivity index (χ4n) is 7.91. The molecule has 4 atom stereocenters. The number of carboxylic acid groups (broad SMARTS) is 1. The van der Waals surface area contributed by atoms with Crippen LogP contribution >= 0.6 is 0 Å². The third kappa shape index (κ3) is 8.58. The van der Waals surface area contributed by atoms with Crippen molar-refractivity contribution in [3.63, 3.8) is 0 Å². The number of ether oxygens (including phenoxy) is 1. The van der Waals surface area contributed by atoms with E-state index in [0.717, 1.165) is 89.5 Å². The van der Waals surface area contributed by atoms with Gasteiger partial charge in [-0.3, -0.25) is 9.59 Å². The number of likely N-dealkylation sites (tertiary alicyclic amines) is 2. The van der Waals surface area contributed by atoms with E-state index in [1.165, 1.54) is 7.11 Å². The van der Waals surface area contributed by atoms with Crippen molar-refractivity contribution in [1.82, 2.24) is 40.4 Å². The smallest absolute Gasteiger partial charge is 0.407 e. The minimum atomic E-state index is -1.21. The Hall–Kier alpha value is -5.66. The molecule has 6 rings (SSSR count). The lowest BCUT2D eigenvalue weighted by Crippen LogP contribution is -2.51. The van der Waals surface area contributed by atoms with Crippen molar-refractivity contribution in [1.29, 1.82) is 0 Å². The lowest BCUT2D eigenvalue weighted by atomic mass is 10.00. The van der Waals surface area contributed by atoms with Crippen molar-refractivity contribution in [2.24, 2.45) is 11.8 Å². The zero-order valence-electron chi connectivity index (χ0n) is 33.1. The maximum atomic E-state index is 13.6. The first-order valence-electron chi connectivity index (χ1n) is 19.7. The summed E-state index contributed by atoms with van der Waals surface area (Å²) in [6.07, 6.45) is 4.89.